The van der Waals surface area contributed by atoms with Crippen LogP contribution in [0.25, 0.3) is 0 Å². The molecule has 0 radical (unpaired) electrons. The number of hydrogen-bond donors (Lipinski definition) is 1. The number of hydrogen-bond acceptors (Lipinski definition) is 6. The van der Waals surface area contributed by atoms with Crippen LogP contribution in [0.4, 0.5) is 27.6 Å². The second kappa shape index (κ2) is 14.8. The van der Waals surface area contributed by atoms with Crippen LogP contribution in [0.5, 0.6) is 5.75 Å². The van der Waals surface area contributed by atoms with E-state index in [2.05, 4.69) is 10.8 Å². The normalized spacial score (nSPS) is 13.4. The monoisotopic (exact) mass is 764 g/mol. The van der Waals surface area contributed by atoms with Crippen molar-refractivity contribution in [2.45, 2.75) is 62.9 Å². The van der Waals surface area contributed by atoms with Crippen molar-refractivity contribution in [3.05, 3.63) is 123 Å². The van der Waals surface area contributed by atoms with Gasteiger partial charge < -0.3 is 14.7 Å². The number of ether oxygens (including phenoxy) is 1. The fourth-order valence-electron chi connectivity index (χ4n) is 5.57. The molecule has 0 spiro atoms. The van der Waals surface area contributed by atoms with E-state index in [4.69, 9.17) is 11.6 Å². The third-order valence-electron chi connectivity index (χ3n) is 8.62. The van der Waals surface area contributed by atoms with Gasteiger partial charge in [-0.15, -0.1) is 0 Å². The van der Waals surface area contributed by atoms with E-state index in [0.717, 1.165) is 42.0 Å². The average Bonchev–Trinajstić information content (AvgIpc) is 3.94. The Labute approximate surface area is 302 Å². The van der Waals surface area contributed by atoms with Crippen LogP contribution in [0.2, 0.25) is 5.02 Å². The molecule has 0 unspecified atom stereocenters. The Balaban J connectivity index is 1.64. The lowest BCUT2D eigenvalue weighted by Gasteiger charge is -2.29. The number of carbonyl (C=O) groups excluding carboxylic acids is 2. The zero-order valence-electron chi connectivity index (χ0n) is 28.4. The zero-order chi connectivity index (χ0) is 38.3. The number of sulfonamides is 1. The Kier molecular flexibility index (Phi) is 11.0. The smallest absolute Gasteiger partial charge is 0.341 e. The van der Waals surface area contributed by atoms with Gasteiger partial charge in [-0.3, -0.25) is 4.79 Å². The molecule has 5 rings (SSSR count). The van der Waals surface area contributed by atoms with Crippen LogP contribution in [0, 0.1) is 29.1 Å². The largest absolute Gasteiger partial charge is 0.507 e. The van der Waals surface area contributed by atoms with E-state index in [-0.39, 0.29) is 38.1 Å². The number of aromatic hydroxyl groups is 1. The lowest BCUT2D eigenvalue weighted by molar-refractivity contribution is -0.119. The highest BCUT2D eigenvalue weighted by Crippen LogP contribution is 2.42. The van der Waals surface area contributed by atoms with Crippen molar-refractivity contribution in [3.8, 4) is 5.75 Å². The van der Waals surface area contributed by atoms with Crippen molar-refractivity contribution < 1.29 is 49.8 Å². The predicted molar refractivity (Wildman–Crippen MR) is 183 cm³/mol. The van der Waals surface area contributed by atoms with Crippen LogP contribution in [-0.2, 0) is 38.1 Å². The van der Waals surface area contributed by atoms with E-state index >= 15 is 8.78 Å². The number of phenolic OH excluding ortho intramolecular Hbond substituents is 1. The minimum atomic E-state index is -5.64. The maximum atomic E-state index is 15.0. The molecule has 52 heavy (non-hydrogen) atoms. The Morgan fingerprint density at radius 3 is 1.98 bits per heavy atom. The minimum absolute atomic E-state index is 0.00985. The Bertz CT molecular complexity index is 2130. The molecule has 0 aliphatic heterocycles. The zero-order valence-corrected chi connectivity index (χ0v) is 30.0. The van der Waals surface area contributed by atoms with Crippen LogP contribution < -0.4 is 4.90 Å². The highest BCUT2D eigenvalue weighted by Gasteiger charge is 2.39. The molecule has 0 bridgehead atoms. The number of benzene rings is 4. The molecule has 1 amide bonds. The molecule has 0 aromatic heterocycles. The van der Waals surface area contributed by atoms with Gasteiger partial charge in [-0.1, -0.05) is 62.7 Å². The number of anilines is 1. The summed E-state index contributed by atoms with van der Waals surface area (Å²) in [6.45, 7) is 3.89. The maximum Gasteiger partial charge on any atom is 0.341 e. The number of nitrogens with zero attached hydrogens (tertiary/aromatic N) is 2. The number of carbonyl (C=O) groups is 2. The van der Waals surface area contributed by atoms with Crippen molar-refractivity contribution in [2.75, 3.05) is 18.6 Å². The van der Waals surface area contributed by atoms with Crippen molar-refractivity contribution in [1.82, 2.24) is 4.31 Å². The lowest BCUT2D eigenvalue weighted by atomic mass is 9.84. The summed E-state index contributed by atoms with van der Waals surface area (Å²) in [6.07, 6.45) is 1.93. The number of phenols is 1. The Hall–Kier alpha value is -4.53. The summed E-state index contributed by atoms with van der Waals surface area (Å²) in [5.74, 6) is -14.9. The van der Waals surface area contributed by atoms with Crippen molar-refractivity contribution in [3.63, 3.8) is 0 Å². The van der Waals surface area contributed by atoms with Crippen molar-refractivity contribution in [2.24, 2.45) is 0 Å². The average molecular weight is 765 g/mol. The molecule has 15 heteroatoms. The Morgan fingerprint density at radius 2 is 1.44 bits per heavy atom. The topological polar surface area (TPSA) is 104 Å². The van der Waals surface area contributed by atoms with E-state index in [0.29, 0.717) is 11.5 Å². The maximum absolute atomic E-state index is 15.0. The SMILES string of the molecule is COC(=O)c1ccc(N(Cc2cc(C3CC3)cc(C(C)(C)C)c2)C(=O)CN(Cc2ccc(Cl)cc2)S(=O)(=O)c2c(F)c(F)c(F)c(F)c2F)cc1O. The number of amides is 1. The van der Waals surface area contributed by atoms with E-state index < -0.39 is 74.7 Å². The van der Waals surface area contributed by atoms with Gasteiger partial charge >= 0.3 is 5.97 Å². The summed E-state index contributed by atoms with van der Waals surface area (Å²) in [5.41, 5.74) is 2.19. The molecule has 1 saturated carbocycles. The van der Waals surface area contributed by atoms with Crippen LogP contribution in [0.3, 0.4) is 0 Å². The van der Waals surface area contributed by atoms with Gasteiger partial charge in [-0.05, 0) is 70.7 Å². The van der Waals surface area contributed by atoms with Crippen LogP contribution in [0.15, 0.2) is 65.6 Å². The summed E-state index contributed by atoms with van der Waals surface area (Å²) in [7, 11) is -4.53. The van der Waals surface area contributed by atoms with E-state index in [1.807, 2.05) is 32.9 Å². The van der Waals surface area contributed by atoms with Gasteiger partial charge in [0.15, 0.2) is 28.2 Å². The fraction of sp³-hybridized carbons (Fsp3) is 0.297. The first-order valence-corrected chi connectivity index (χ1v) is 17.8. The summed E-state index contributed by atoms with van der Waals surface area (Å²) in [6, 6.07) is 14.9. The van der Waals surface area contributed by atoms with Crippen LogP contribution in [-0.4, -0.2) is 43.4 Å². The molecule has 276 valence electrons. The van der Waals surface area contributed by atoms with Gasteiger partial charge in [0, 0.05) is 23.3 Å². The Morgan fingerprint density at radius 1 is 0.846 bits per heavy atom. The summed E-state index contributed by atoms with van der Waals surface area (Å²) in [5, 5.41) is 11.0. The lowest BCUT2D eigenvalue weighted by Crippen LogP contribution is -2.43. The van der Waals surface area contributed by atoms with Crippen molar-refractivity contribution in [1.29, 1.82) is 0 Å². The summed E-state index contributed by atoms with van der Waals surface area (Å²) in [4.78, 5) is 25.5. The van der Waals surface area contributed by atoms with Gasteiger partial charge in [-0.25, -0.2) is 35.2 Å². The molecular formula is C37H34ClF5N2O6S. The van der Waals surface area contributed by atoms with Crippen LogP contribution >= 0.6 is 11.6 Å². The second-order valence-corrected chi connectivity index (χ2v) is 15.8. The quantitative estimate of drug-likeness (QED) is 0.0717. The molecule has 1 fully saturated rings. The molecular weight excluding hydrogens is 731 g/mol. The molecule has 1 N–H and O–H groups in total. The van der Waals surface area contributed by atoms with E-state index in [1.54, 1.807) is 0 Å². The first kappa shape index (κ1) is 38.7. The van der Waals surface area contributed by atoms with Crippen molar-refractivity contribution >= 4 is 39.2 Å². The molecule has 4 aromatic carbocycles. The minimum Gasteiger partial charge on any atom is -0.507 e. The number of esters is 1. The van der Waals surface area contributed by atoms with Gasteiger partial charge in [0.25, 0.3) is 0 Å². The number of rotatable bonds is 11. The molecule has 4 aromatic rings. The molecule has 1 aliphatic carbocycles. The highest BCUT2D eigenvalue weighted by molar-refractivity contribution is 7.89. The predicted octanol–water partition coefficient (Wildman–Crippen LogP) is 8.13. The summed E-state index contributed by atoms with van der Waals surface area (Å²) < 4.78 is 105. The molecule has 1 aliphatic rings. The van der Waals surface area contributed by atoms with Gasteiger partial charge in [-0.2, -0.15) is 4.31 Å². The second-order valence-electron chi connectivity index (χ2n) is 13.5. The molecule has 0 heterocycles. The standard InChI is InChI=1S/C37H34ClF5N2O6S/c1-37(2,3)24-14-21(13-23(15-24)22-7-8-22)18-45(26-11-12-27(28(46)16-26)36(48)51-4)29(47)19-44(17-20-5-9-25(38)10-6-20)52(49,50)35-33(42)31(40)30(39)32(41)34(35)43/h5-6,9-16,22,46H,7-8,17-19H2,1-4H3. The van der Waals surface area contributed by atoms with Gasteiger partial charge in [0.05, 0.1) is 20.2 Å². The number of methoxy groups -OCH3 is 1. The highest BCUT2D eigenvalue weighted by atomic mass is 35.5. The third-order valence-corrected chi connectivity index (χ3v) is 10.7. The molecule has 0 saturated heterocycles. The first-order chi connectivity index (χ1) is 24.3. The van der Waals surface area contributed by atoms with E-state index in [9.17, 15) is 36.3 Å². The first-order valence-electron chi connectivity index (χ1n) is 16.0. The summed E-state index contributed by atoms with van der Waals surface area (Å²) >= 11 is 5.96. The van der Waals surface area contributed by atoms with E-state index in [1.165, 1.54) is 36.4 Å². The van der Waals surface area contributed by atoms with Gasteiger partial charge in [0.2, 0.25) is 21.7 Å². The van der Waals surface area contributed by atoms with Crippen LogP contribution in [0.1, 0.15) is 72.1 Å². The van der Waals surface area contributed by atoms with Gasteiger partial charge in [0.1, 0.15) is 11.3 Å². The fourth-order valence-corrected chi connectivity index (χ4v) is 7.18. The molecule has 8 nitrogen and oxygen atoms in total. The number of halogens is 6. The molecule has 0 atom stereocenters. The third kappa shape index (κ3) is 8.08.